The quantitative estimate of drug-likeness (QED) is 0.318. The molecule has 0 aliphatic heterocycles. The van der Waals surface area contributed by atoms with Crippen LogP contribution in [0.15, 0.2) is 72.8 Å². The van der Waals surface area contributed by atoms with Gasteiger partial charge in [0.1, 0.15) is 12.4 Å². The van der Waals surface area contributed by atoms with Gasteiger partial charge in [-0.25, -0.2) is 0 Å². The molecular weight excluding hydrogens is 448 g/mol. The summed E-state index contributed by atoms with van der Waals surface area (Å²) < 4.78 is 85.1. The molecule has 0 saturated carbocycles. The van der Waals surface area contributed by atoms with Crippen LogP contribution in [-0.2, 0) is 19.0 Å². The average molecular weight is 463 g/mol. The molecule has 3 aromatic carbocycles. The summed E-state index contributed by atoms with van der Waals surface area (Å²) in [6, 6.07) is 16.8. The molecule has 10 heteroatoms. The Kier molecular flexibility index (Phi) is 8.59. The zero-order valence-corrected chi connectivity index (χ0v) is 17.7. The first-order valence-electron chi connectivity index (χ1n) is 8.91. The molecule has 0 amide bonds. The van der Waals surface area contributed by atoms with Crippen LogP contribution in [-0.4, -0.2) is 5.52 Å². The minimum atomic E-state index is -5.09. The molecule has 0 bridgehead atoms. The summed E-state index contributed by atoms with van der Waals surface area (Å²) in [5.74, 6) is 0.455. The van der Waals surface area contributed by atoms with Crippen LogP contribution in [0.1, 0.15) is 27.0 Å². The van der Waals surface area contributed by atoms with Crippen LogP contribution >= 0.6 is 8.58 Å². The number of benzene rings is 3. The molecule has 0 aromatic heterocycles. The number of carbonyl (C=O) groups is 1. The maximum Gasteiger partial charge on any atom is 1.00 e. The number of hydrogen-bond donors (Lipinski definition) is 0. The molecule has 0 aliphatic rings. The first-order valence-corrected chi connectivity index (χ1v) is 9.91. The summed E-state index contributed by atoms with van der Waals surface area (Å²) in [6.07, 6.45) is -10.2. The third-order valence-electron chi connectivity index (χ3n) is 4.26. The Morgan fingerprint density at radius 2 is 1.28 bits per heavy atom. The van der Waals surface area contributed by atoms with Crippen molar-refractivity contribution >= 4 is 19.4 Å². The summed E-state index contributed by atoms with van der Waals surface area (Å²) in [4.78, 5) is 12.5. The Bertz CT molecular complexity index is 1020. The van der Waals surface area contributed by atoms with Gasteiger partial charge in [0, 0.05) is 5.56 Å². The van der Waals surface area contributed by atoms with E-state index >= 15 is 0 Å². The molecular formula is C22H15F6LiO2P+. The van der Waals surface area contributed by atoms with Crippen LogP contribution in [0.3, 0.4) is 0 Å². The molecule has 0 spiro atoms. The first-order chi connectivity index (χ1) is 14.6. The zero-order chi connectivity index (χ0) is 22.6. The Balaban J connectivity index is 0.00000363. The smallest absolute Gasteiger partial charge is 0.489 e. The van der Waals surface area contributed by atoms with E-state index in [1.54, 1.807) is 0 Å². The van der Waals surface area contributed by atoms with Gasteiger partial charge in [-0.05, 0) is 43.7 Å². The monoisotopic (exact) mass is 463 g/mol. The minimum absolute atomic E-state index is 0. The van der Waals surface area contributed by atoms with E-state index in [-0.39, 0.29) is 25.5 Å². The van der Waals surface area contributed by atoms with Crippen molar-refractivity contribution in [1.29, 1.82) is 0 Å². The van der Waals surface area contributed by atoms with Crippen LogP contribution in [0.25, 0.3) is 0 Å². The number of ether oxygens (including phenoxy) is 1. The third kappa shape index (κ3) is 6.62. The maximum absolute atomic E-state index is 13.3. The van der Waals surface area contributed by atoms with E-state index in [0.29, 0.717) is 29.3 Å². The molecule has 32 heavy (non-hydrogen) atoms. The van der Waals surface area contributed by atoms with E-state index in [1.165, 1.54) is 24.3 Å². The first kappa shape index (κ1) is 26.0. The number of hydrogen-bond acceptors (Lipinski definition) is 2. The van der Waals surface area contributed by atoms with Gasteiger partial charge in [0.05, 0.1) is 11.1 Å². The van der Waals surface area contributed by atoms with E-state index in [4.69, 9.17) is 4.74 Å². The second kappa shape index (κ2) is 10.6. The summed E-state index contributed by atoms with van der Waals surface area (Å²) in [5, 5.41) is 0.294. The number of halogens is 6. The zero-order valence-electron chi connectivity index (χ0n) is 16.7. The van der Waals surface area contributed by atoms with Gasteiger partial charge in [-0.1, -0.05) is 48.5 Å². The number of alkyl halides is 6. The van der Waals surface area contributed by atoms with Gasteiger partial charge in [-0.2, -0.15) is 26.3 Å². The molecule has 0 aliphatic carbocycles. The number of rotatable bonds is 6. The SMILES string of the molecule is O=C(Pc1ccc(OCc2ccccc2)cc1)c1c(C(F)(F)F)cccc1C(F)(F)F.[Li+]. The van der Waals surface area contributed by atoms with Crippen molar-refractivity contribution in [3.63, 3.8) is 0 Å². The van der Waals surface area contributed by atoms with Crippen LogP contribution < -0.4 is 28.9 Å². The molecule has 1 unspecified atom stereocenters. The minimum Gasteiger partial charge on any atom is -0.489 e. The second-order valence-electron chi connectivity index (χ2n) is 6.48. The van der Waals surface area contributed by atoms with Crippen LogP contribution in [0.4, 0.5) is 26.3 Å². The van der Waals surface area contributed by atoms with Crippen LogP contribution in [0.5, 0.6) is 5.75 Å². The predicted molar refractivity (Wildman–Crippen MR) is 106 cm³/mol. The van der Waals surface area contributed by atoms with Crippen molar-refractivity contribution in [2.24, 2.45) is 0 Å². The normalized spacial score (nSPS) is 11.9. The van der Waals surface area contributed by atoms with Gasteiger partial charge in [-0.15, -0.1) is 0 Å². The molecule has 3 aromatic rings. The standard InChI is InChI=1S/C22H15F6O2P.Li/c23-21(24,25)17-7-4-8-18(22(26,27)28)19(17)20(29)31-16-11-9-15(10-12-16)30-13-14-5-2-1-3-6-14;/h1-12,31H,13H2;/q;+1. The van der Waals surface area contributed by atoms with Crippen molar-refractivity contribution in [3.8, 4) is 5.75 Å². The van der Waals surface area contributed by atoms with Crippen molar-refractivity contribution in [2.75, 3.05) is 0 Å². The summed E-state index contributed by atoms with van der Waals surface area (Å²) in [7, 11) is -0.917. The number of carbonyl (C=O) groups excluding carboxylic acids is 1. The molecule has 2 nitrogen and oxygen atoms in total. The van der Waals surface area contributed by atoms with E-state index in [2.05, 4.69) is 0 Å². The Morgan fingerprint density at radius 1 is 0.750 bits per heavy atom. The predicted octanol–water partition coefficient (Wildman–Crippen LogP) is 3.45. The largest absolute Gasteiger partial charge is 1.00 e. The van der Waals surface area contributed by atoms with E-state index in [1.807, 2.05) is 30.3 Å². The molecule has 0 heterocycles. The van der Waals surface area contributed by atoms with Crippen molar-refractivity contribution in [2.45, 2.75) is 19.0 Å². The molecule has 0 fully saturated rings. The Hall–Kier alpha value is -2.26. The average Bonchev–Trinajstić information content (AvgIpc) is 2.72. The fourth-order valence-corrected chi connectivity index (χ4v) is 3.83. The summed E-state index contributed by atoms with van der Waals surface area (Å²) in [5.41, 5.74) is -4.86. The van der Waals surface area contributed by atoms with Crippen LogP contribution in [0, 0.1) is 0 Å². The topological polar surface area (TPSA) is 26.3 Å². The van der Waals surface area contributed by atoms with Crippen molar-refractivity contribution < 1.29 is 54.7 Å². The van der Waals surface area contributed by atoms with Gasteiger partial charge in [0.25, 0.3) is 0 Å². The molecule has 1 atom stereocenters. The molecule has 0 N–H and O–H groups in total. The van der Waals surface area contributed by atoms with Gasteiger partial charge in [0.2, 0.25) is 0 Å². The fourth-order valence-electron chi connectivity index (χ4n) is 2.84. The fraction of sp³-hybridized carbons (Fsp3) is 0.136. The Morgan fingerprint density at radius 3 is 1.78 bits per heavy atom. The molecule has 3 rings (SSSR count). The molecule has 0 radical (unpaired) electrons. The van der Waals surface area contributed by atoms with Crippen molar-refractivity contribution in [1.82, 2.24) is 0 Å². The Labute approximate surface area is 193 Å². The van der Waals surface area contributed by atoms with E-state index < -0.39 is 43.1 Å². The van der Waals surface area contributed by atoms with Gasteiger partial charge in [-0.3, -0.25) is 4.79 Å². The van der Waals surface area contributed by atoms with Gasteiger partial charge in [0.15, 0.2) is 5.52 Å². The summed E-state index contributed by atoms with van der Waals surface area (Å²) in [6.45, 7) is 0.287. The molecule has 0 saturated heterocycles. The van der Waals surface area contributed by atoms with Crippen LogP contribution in [0.2, 0.25) is 0 Å². The third-order valence-corrected chi connectivity index (χ3v) is 5.36. The van der Waals surface area contributed by atoms with Crippen molar-refractivity contribution in [3.05, 3.63) is 95.1 Å². The van der Waals surface area contributed by atoms with Gasteiger partial charge >= 0.3 is 31.2 Å². The van der Waals surface area contributed by atoms with Gasteiger partial charge < -0.3 is 4.74 Å². The second-order valence-corrected chi connectivity index (χ2v) is 7.76. The van der Waals surface area contributed by atoms with E-state index in [9.17, 15) is 31.1 Å². The van der Waals surface area contributed by atoms with E-state index in [0.717, 1.165) is 5.56 Å². The maximum atomic E-state index is 13.3. The summed E-state index contributed by atoms with van der Waals surface area (Å²) >= 11 is 0. The molecule has 162 valence electrons.